The SMILES string of the molecule is CC(C)(C)c1ccc(-c2ccc(N(c3ccccc3-c3cc(C(C)(C)C)cc(C(C)(C)C)c3)c3cc(-n4c5ccc(C(C)(C)C)cc5c5cc(C(C)(C)C)ccc54)cc(N(c4ccc(-c5cccc6sc7ccccc7c56)cc4)c4ccccc4-c4cc(C(C)(C)C)cc(C(C)(C)C)c4)c3Cl)cc2)cc1. The summed E-state index contributed by atoms with van der Waals surface area (Å²) in [4.78, 5) is 4.93. The van der Waals surface area contributed by atoms with Crippen molar-refractivity contribution in [1.82, 2.24) is 4.57 Å². The summed E-state index contributed by atoms with van der Waals surface area (Å²) in [7, 11) is 0. The van der Waals surface area contributed by atoms with Crippen molar-refractivity contribution in [2.45, 2.75) is 183 Å². The van der Waals surface area contributed by atoms with Crippen LogP contribution in [0.1, 0.15) is 184 Å². The Kier molecular flexibility index (Phi) is 18.3. The standard InChI is InChI=1S/C100H104ClN3S/c1-94(2,3)68-43-37-63(38-44-68)64-39-47-75(48-40-64)102(84-33-25-22-29-78(84)66-53-71(97(10,11)12)57-72(54-66)98(13,14)15)88-61-77(104-86-51-45-69(95(4,5)6)59-82(86)83-60-70(96(7,8)9)46-52-87(83)104)62-89(93(88)101)103(85-34-26-23-30-79(85)67-55-73(99(16,17)18)58-74(56-67)100(19,20)21)76-49-41-65(42-50-76)80-32-28-36-91-92(80)81-31-24-27-35-90(81)105-91/h22-62H,1-21H3. The molecule has 0 aliphatic heterocycles. The van der Waals surface area contributed by atoms with E-state index in [1.165, 1.54) is 75.5 Å². The van der Waals surface area contributed by atoms with Crippen LogP contribution in [-0.2, 0) is 37.9 Å². The first-order chi connectivity index (χ1) is 49.4. The summed E-state index contributed by atoms with van der Waals surface area (Å²) < 4.78 is 5.08. The van der Waals surface area contributed by atoms with Crippen LogP contribution in [0.3, 0.4) is 0 Å². The average Bonchev–Trinajstić information content (AvgIpc) is 1.65. The van der Waals surface area contributed by atoms with Gasteiger partial charge in [-0.1, -0.05) is 321 Å². The van der Waals surface area contributed by atoms with Crippen LogP contribution >= 0.6 is 22.9 Å². The second-order valence-corrected chi connectivity index (χ2v) is 38.1. The van der Waals surface area contributed by atoms with Crippen LogP contribution in [0.5, 0.6) is 0 Å². The first-order valence-corrected chi connectivity index (χ1v) is 38.8. The largest absolute Gasteiger partial charge is 0.309 e. The maximum atomic E-state index is 8.97. The molecule has 14 rings (SSSR count). The van der Waals surface area contributed by atoms with E-state index in [4.69, 9.17) is 11.6 Å². The monoisotopic (exact) mass is 1410 g/mol. The molecule has 14 aromatic rings. The van der Waals surface area contributed by atoms with Gasteiger partial charge in [-0.15, -0.1) is 11.3 Å². The van der Waals surface area contributed by atoms with Gasteiger partial charge in [0.1, 0.15) is 0 Å². The van der Waals surface area contributed by atoms with E-state index in [0.29, 0.717) is 5.02 Å². The van der Waals surface area contributed by atoms with E-state index in [0.717, 1.165) is 89.8 Å². The maximum absolute atomic E-state index is 8.97. The molecule has 2 heterocycles. The highest BCUT2D eigenvalue weighted by Crippen LogP contribution is 2.54. The molecular formula is C100H104ClN3S. The molecule has 5 heteroatoms. The number of anilines is 6. The minimum Gasteiger partial charge on any atom is -0.309 e. The minimum atomic E-state index is -0.134. The molecule has 0 radical (unpaired) electrons. The van der Waals surface area contributed by atoms with Crippen LogP contribution in [0.4, 0.5) is 34.1 Å². The van der Waals surface area contributed by atoms with Crippen LogP contribution in [0.25, 0.3) is 92.2 Å². The third-order valence-corrected chi connectivity index (χ3v) is 23.1. The van der Waals surface area contributed by atoms with Crippen LogP contribution in [0, 0.1) is 0 Å². The number of halogens is 1. The Morgan fingerprint density at radius 2 is 0.619 bits per heavy atom. The lowest BCUT2D eigenvalue weighted by molar-refractivity contribution is 0.568. The van der Waals surface area contributed by atoms with E-state index in [-0.39, 0.29) is 37.9 Å². The zero-order valence-corrected chi connectivity index (χ0v) is 67.4. The summed E-state index contributed by atoms with van der Waals surface area (Å²) in [5.74, 6) is 0. The Balaban J connectivity index is 1.12. The summed E-state index contributed by atoms with van der Waals surface area (Å²) in [6, 6.07) is 94.9. The zero-order valence-electron chi connectivity index (χ0n) is 65.8. The Morgan fingerprint density at radius 3 is 1.04 bits per heavy atom. The highest BCUT2D eigenvalue weighted by Gasteiger charge is 2.32. The van der Waals surface area contributed by atoms with E-state index >= 15 is 0 Å². The van der Waals surface area contributed by atoms with E-state index in [1.807, 2.05) is 11.3 Å². The van der Waals surface area contributed by atoms with Gasteiger partial charge in [-0.25, -0.2) is 0 Å². The quantitative estimate of drug-likeness (QED) is 0.128. The van der Waals surface area contributed by atoms with E-state index in [2.05, 4.69) is 408 Å². The van der Waals surface area contributed by atoms with Gasteiger partial charge in [-0.3, -0.25) is 0 Å². The minimum absolute atomic E-state index is 0.0240. The van der Waals surface area contributed by atoms with Gasteiger partial charge in [0.2, 0.25) is 0 Å². The number of thiophene rings is 1. The number of para-hydroxylation sites is 2. The van der Waals surface area contributed by atoms with Gasteiger partial charge in [0.15, 0.2) is 0 Å². The molecule has 0 fully saturated rings. The fourth-order valence-electron chi connectivity index (χ4n) is 15.0. The number of aromatic nitrogens is 1. The molecule has 2 aromatic heterocycles. The van der Waals surface area contributed by atoms with Crippen LogP contribution in [0.15, 0.2) is 249 Å². The molecule has 0 bridgehead atoms. The smallest absolute Gasteiger partial charge is 0.0888 e. The van der Waals surface area contributed by atoms with Gasteiger partial charge >= 0.3 is 0 Å². The molecule has 0 atom stereocenters. The van der Waals surface area contributed by atoms with Crippen molar-refractivity contribution in [3.63, 3.8) is 0 Å². The number of benzene rings is 12. The topological polar surface area (TPSA) is 11.4 Å². The predicted molar refractivity (Wildman–Crippen MR) is 461 cm³/mol. The molecule has 3 nitrogen and oxygen atoms in total. The normalized spacial score (nSPS) is 12.9. The highest BCUT2D eigenvalue weighted by molar-refractivity contribution is 7.26. The molecule has 12 aromatic carbocycles. The first kappa shape index (κ1) is 72.5. The fourth-order valence-corrected chi connectivity index (χ4v) is 16.4. The van der Waals surface area contributed by atoms with Crippen LogP contribution < -0.4 is 9.80 Å². The van der Waals surface area contributed by atoms with E-state index in [9.17, 15) is 0 Å². The number of rotatable bonds is 11. The lowest BCUT2D eigenvalue weighted by Gasteiger charge is -2.34. The second-order valence-electron chi connectivity index (χ2n) is 36.6. The van der Waals surface area contributed by atoms with Gasteiger partial charge in [0.05, 0.1) is 44.5 Å². The fraction of sp³-hybridized carbons (Fsp3) is 0.280. The summed E-state index contributed by atoms with van der Waals surface area (Å²) >= 11 is 10.8. The zero-order chi connectivity index (χ0) is 74.8. The molecule has 0 saturated carbocycles. The van der Waals surface area contributed by atoms with Crippen LogP contribution in [-0.4, -0.2) is 4.57 Å². The van der Waals surface area contributed by atoms with Gasteiger partial charge in [-0.05, 0) is 195 Å². The van der Waals surface area contributed by atoms with Crippen molar-refractivity contribution in [1.29, 1.82) is 0 Å². The first-order valence-electron chi connectivity index (χ1n) is 37.6. The molecule has 0 N–H and O–H groups in total. The second kappa shape index (κ2) is 26.5. The van der Waals surface area contributed by atoms with Gasteiger partial charge in [-0.2, -0.15) is 0 Å². The van der Waals surface area contributed by atoms with Crippen molar-refractivity contribution >= 4 is 99.0 Å². The molecule has 0 aliphatic carbocycles. The third kappa shape index (κ3) is 14.1. The maximum Gasteiger partial charge on any atom is 0.0888 e. The molecule has 0 amide bonds. The molecule has 0 aliphatic rings. The van der Waals surface area contributed by atoms with Crippen molar-refractivity contribution in [2.75, 3.05) is 9.80 Å². The van der Waals surface area contributed by atoms with Crippen molar-refractivity contribution in [3.05, 3.63) is 293 Å². The lowest BCUT2D eigenvalue weighted by atomic mass is 9.78. The average molecular weight is 1420 g/mol. The lowest BCUT2D eigenvalue weighted by Crippen LogP contribution is -2.18. The Bertz CT molecular complexity index is 5490. The molecule has 0 spiro atoms. The molecular weight excluding hydrogens is 1310 g/mol. The summed E-state index contributed by atoms with van der Waals surface area (Å²) in [5, 5.41) is 5.57. The number of fused-ring (bicyclic) bond motifs is 6. The van der Waals surface area contributed by atoms with Crippen molar-refractivity contribution in [2.24, 2.45) is 0 Å². The molecule has 105 heavy (non-hydrogen) atoms. The molecule has 0 unspecified atom stereocenters. The number of nitrogens with zero attached hydrogens (tertiary/aromatic N) is 3. The Hall–Kier alpha value is -9.45. The Morgan fingerprint density at radius 1 is 0.267 bits per heavy atom. The van der Waals surface area contributed by atoms with E-state index in [1.54, 1.807) is 0 Å². The van der Waals surface area contributed by atoms with Gasteiger partial charge in [0.25, 0.3) is 0 Å². The van der Waals surface area contributed by atoms with Gasteiger partial charge in [0, 0.05) is 53.4 Å². The van der Waals surface area contributed by atoms with E-state index < -0.39 is 0 Å². The number of hydrogen-bond donors (Lipinski definition) is 0. The highest BCUT2D eigenvalue weighted by atomic mass is 35.5. The van der Waals surface area contributed by atoms with Crippen molar-refractivity contribution < 1.29 is 0 Å². The third-order valence-electron chi connectivity index (χ3n) is 21.5. The summed E-state index contributed by atoms with van der Waals surface area (Å²) in [6.45, 7) is 48.8. The summed E-state index contributed by atoms with van der Waals surface area (Å²) in [6.07, 6.45) is 0. The molecule has 532 valence electrons. The van der Waals surface area contributed by atoms with Gasteiger partial charge < -0.3 is 14.4 Å². The Labute approximate surface area is 635 Å². The number of hydrogen-bond acceptors (Lipinski definition) is 3. The summed E-state index contributed by atoms with van der Waals surface area (Å²) in [5.41, 5.74) is 26.3. The van der Waals surface area contributed by atoms with Crippen LogP contribution in [0.2, 0.25) is 5.02 Å². The molecule has 0 saturated heterocycles. The van der Waals surface area contributed by atoms with Crippen molar-refractivity contribution in [3.8, 4) is 50.2 Å². The predicted octanol–water partition coefficient (Wildman–Crippen LogP) is 30.5.